The molecule has 0 radical (unpaired) electrons. The first kappa shape index (κ1) is 22.3. The van der Waals surface area contributed by atoms with Gasteiger partial charge in [-0.2, -0.15) is 0 Å². The van der Waals surface area contributed by atoms with E-state index in [1.807, 2.05) is 19.9 Å². The Labute approximate surface area is 177 Å². The lowest BCUT2D eigenvalue weighted by atomic mass is 10.1. The normalized spacial score (nSPS) is 14.6. The SMILES string of the molecule is COc1cc(C)c(S(=O)(=O)NCCNc2cc(N3CCOCC3)nc(C)n2)cc1C. The zero-order chi connectivity index (χ0) is 21.7. The molecule has 2 N–H and O–H groups in total. The minimum Gasteiger partial charge on any atom is -0.496 e. The van der Waals surface area contributed by atoms with E-state index in [0.717, 1.165) is 24.5 Å². The van der Waals surface area contributed by atoms with Crippen LogP contribution in [0.3, 0.4) is 0 Å². The van der Waals surface area contributed by atoms with Crippen molar-refractivity contribution in [1.29, 1.82) is 0 Å². The summed E-state index contributed by atoms with van der Waals surface area (Å²) < 4.78 is 38.7. The van der Waals surface area contributed by atoms with E-state index in [1.165, 1.54) is 0 Å². The molecule has 30 heavy (non-hydrogen) atoms. The van der Waals surface area contributed by atoms with Crippen LogP contribution in [0.25, 0.3) is 0 Å². The van der Waals surface area contributed by atoms with Crippen LogP contribution < -0.4 is 19.7 Å². The molecule has 0 aliphatic carbocycles. The summed E-state index contributed by atoms with van der Waals surface area (Å²) in [5, 5.41) is 3.18. The van der Waals surface area contributed by atoms with Gasteiger partial charge in [-0.15, -0.1) is 0 Å². The first-order chi connectivity index (χ1) is 14.3. The highest BCUT2D eigenvalue weighted by Crippen LogP contribution is 2.25. The molecule has 10 heteroatoms. The van der Waals surface area contributed by atoms with Crippen molar-refractivity contribution in [2.45, 2.75) is 25.7 Å². The number of aromatic nitrogens is 2. The smallest absolute Gasteiger partial charge is 0.240 e. The van der Waals surface area contributed by atoms with E-state index in [-0.39, 0.29) is 11.4 Å². The Hall–Kier alpha value is -2.43. The average Bonchev–Trinajstić information content (AvgIpc) is 2.72. The third-order valence-corrected chi connectivity index (χ3v) is 6.47. The predicted octanol–water partition coefficient (Wildman–Crippen LogP) is 1.64. The van der Waals surface area contributed by atoms with Crippen molar-refractivity contribution in [3.8, 4) is 5.75 Å². The first-order valence-corrected chi connectivity index (χ1v) is 11.4. The number of anilines is 2. The van der Waals surface area contributed by atoms with Crippen molar-refractivity contribution >= 4 is 21.7 Å². The van der Waals surface area contributed by atoms with Gasteiger partial charge in [0.1, 0.15) is 23.2 Å². The van der Waals surface area contributed by atoms with Crippen molar-refractivity contribution in [3.63, 3.8) is 0 Å². The van der Waals surface area contributed by atoms with Gasteiger partial charge >= 0.3 is 0 Å². The van der Waals surface area contributed by atoms with Crippen LogP contribution in [-0.4, -0.2) is 64.9 Å². The molecule has 0 bridgehead atoms. The summed E-state index contributed by atoms with van der Waals surface area (Å²) in [5.74, 6) is 2.84. The molecule has 2 heterocycles. The fourth-order valence-corrected chi connectivity index (χ4v) is 4.66. The molecule has 1 aliphatic heterocycles. The summed E-state index contributed by atoms with van der Waals surface area (Å²) in [6.07, 6.45) is 0. The Morgan fingerprint density at radius 2 is 1.80 bits per heavy atom. The van der Waals surface area contributed by atoms with Crippen LogP contribution in [0, 0.1) is 20.8 Å². The number of hydrogen-bond acceptors (Lipinski definition) is 8. The van der Waals surface area contributed by atoms with Gasteiger partial charge in [-0.25, -0.2) is 23.1 Å². The molecule has 1 aromatic heterocycles. The topological polar surface area (TPSA) is 106 Å². The van der Waals surface area contributed by atoms with E-state index >= 15 is 0 Å². The molecule has 3 rings (SSSR count). The summed E-state index contributed by atoms with van der Waals surface area (Å²) in [6, 6.07) is 5.25. The van der Waals surface area contributed by atoms with E-state index < -0.39 is 10.0 Å². The van der Waals surface area contributed by atoms with Crippen LogP contribution in [0.1, 0.15) is 17.0 Å². The number of ether oxygens (including phenoxy) is 2. The van der Waals surface area contributed by atoms with E-state index in [0.29, 0.717) is 42.7 Å². The van der Waals surface area contributed by atoms with E-state index in [1.54, 1.807) is 26.2 Å². The van der Waals surface area contributed by atoms with E-state index in [2.05, 4.69) is 24.9 Å². The molecule has 1 aliphatic rings. The molecule has 0 saturated carbocycles. The maximum Gasteiger partial charge on any atom is 0.240 e. The number of rotatable bonds is 8. The second-order valence-electron chi connectivity index (χ2n) is 7.17. The zero-order valence-electron chi connectivity index (χ0n) is 17.9. The third kappa shape index (κ3) is 5.38. The monoisotopic (exact) mass is 435 g/mol. The van der Waals surface area contributed by atoms with Crippen molar-refractivity contribution in [3.05, 3.63) is 35.2 Å². The molecular weight excluding hydrogens is 406 g/mol. The summed E-state index contributed by atoms with van der Waals surface area (Å²) in [7, 11) is -2.06. The van der Waals surface area contributed by atoms with Crippen LogP contribution in [0.5, 0.6) is 5.75 Å². The molecule has 1 aromatic carbocycles. The number of aryl methyl sites for hydroxylation is 3. The summed E-state index contributed by atoms with van der Waals surface area (Å²) in [6.45, 7) is 8.97. The van der Waals surface area contributed by atoms with E-state index in [4.69, 9.17) is 9.47 Å². The molecular formula is C20H29N5O4S. The van der Waals surface area contributed by atoms with Crippen LogP contribution in [0.4, 0.5) is 11.6 Å². The number of morpholine rings is 1. The quantitative estimate of drug-likeness (QED) is 0.603. The lowest BCUT2D eigenvalue weighted by Gasteiger charge is -2.28. The highest BCUT2D eigenvalue weighted by atomic mass is 32.2. The van der Waals surface area contributed by atoms with Crippen molar-refractivity contribution in [1.82, 2.24) is 14.7 Å². The van der Waals surface area contributed by atoms with Gasteiger partial charge in [-0.3, -0.25) is 0 Å². The standard InChI is InChI=1S/C20H29N5O4S/c1-14-12-18(15(2)11-17(14)28-4)30(26,27)22-6-5-21-19-13-20(24-16(3)23-19)25-7-9-29-10-8-25/h11-13,22H,5-10H2,1-4H3,(H,21,23,24). The van der Waals surface area contributed by atoms with E-state index in [9.17, 15) is 8.42 Å². The van der Waals surface area contributed by atoms with Gasteiger partial charge in [-0.1, -0.05) is 0 Å². The Bertz CT molecular complexity index is 991. The van der Waals surface area contributed by atoms with Crippen LogP contribution in [-0.2, 0) is 14.8 Å². The third-order valence-electron chi connectivity index (χ3n) is 4.86. The molecule has 0 spiro atoms. The predicted molar refractivity (Wildman–Crippen MR) is 116 cm³/mol. The Balaban J connectivity index is 1.60. The largest absolute Gasteiger partial charge is 0.496 e. The van der Waals surface area contributed by atoms with Gasteiger partial charge in [0.25, 0.3) is 0 Å². The highest BCUT2D eigenvalue weighted by Gasteiger charge is 2.18. The fourth-order valence-electron chi connectivity index (χ4n) is 3.32. The van der Waals surface area contributed by atoms with Crippen molar-refractivity contribution in [2.24, 2.45) is 0 Å². The van der Waals surface area contributed by atoms with Crippen LogP contribution >= 0.6 is 0 Å². The molecule has 0 atom stereocenters. The van der Waals surface area contributed by atoms with Gasteiger partial charge in [0.15, 0.2) is 0 Å². The lowest BCUT2D eigenvalue weighted by Crippen LogP contribution is -2.37. The zero-order valence-corrected chi connectivity index (χ0v) is 18.7. The second-order valence-corrected chi connectivity index (χ2v) is 8.91. The summed E-state index contributed by atoms with van der Waals surface area (Å²) in [4.78, 5) is 11.3. The van der Waals surface area contributed by atoms with Crippen molar-refractivity contribution in [2.75, 3.05) is 56.7 Å². The number of hydrogen-bond donors (Lipinski definition) is 2. The molecule has 1 fully saturated rings. The first-order valence-electron chi connectivity index (χ1n) is 9.87. The average molecular weight is 436 g/mol. The Morgan fingerprint density at radius 3 is 2.50 bits per heavy atom. The maximum absolute atomic E-state index is 12.7. The number of nitrogens with zero attached hydrogens (tertiary/aromatic N) is 3. The minimum atomic E-state index is -3.63. The van der Waals surface area contributed by atoms with Gasteiger partial charge in [0.2, 0.25) is 10.0 Å². The van der Waals surface area contributed by atoms with Crippen LogP contribution in [0.15, 0.2) is 23.1 Å². The molecule has 164 valence electrons. The molecule has 1 saturated heterocycles. The Kier molecular flexibility index (Phi) is 7.11. The second kappa shape index (κ2) is 9.59. The number of nitrogens with one attached hydrogen (secondary N) is 2. The minimum absolute atomic E-state index is 0.225. The molecule has 0 unspecified atom stereocenters. The number of sulfonamides is 1. The highest BCUT2D eigenvalue weighted by molar-refractivity contribution is 7.89. The Morgan fingerprint density at radius 1 is 1.07 bits per heavy atom. The lowest BCUT2D eigenvalue weighted by molar-refractivity contribution is 0.122. The molecule has 2 aromatic rings. The van der Waals surface area contributed by atoms with Crippen molar-refractivity contribution < 1.29 is 17.9 Å². The van der Waals surface area contributed by atoms with Gasteiger partial charge in [0.05, 0.1) is 25.2 Å². The fraction of sp³-hybridized carbons (Fsp3) is 0.500. The van der Waals surface area contributed by atoms with Gasteiger partial charge in [0, 0.05) is 32.2 Å². The molecule has 0 amide bonds. The van der Waals surface area contributed by atoms with Crippen LogP contribution in [0.2, 0.25) is 0 Å². The number of methoxy groups -OCH3 is 1. The summed E-state index contributed by atoms with van der Waals surface area (Å²) >= 11 is 0. The number of benzene rings is 1. The maximum atomic E-state index is 12.7. The van der Waals surface area contributed by atoms with Gasteiger partial charge < -0.3 is 19.7 Å². The van der Waals surface area contributed by atoms with Gasteiger partial charge in [-0.05, 0) is 44.0 Å². The summed E-state index contributed by atoms with van der Waals surface area (Å²) in [5.41, 5.74) is 1.41. The molecule has 9 nitrogen and oxygen atoms in total.